The van der Waals surface area contributed by atoms with Gasteiger partial charge in [-0.3, -0.25) is 4.79 Å². The molecular weight excluding hydrogens is 383 g/mol. The number of halogens is 2. The number of carbonyl (C=O) groups is 1. The van der Waals surface area contributed by atoms with E-state index in [1.165, 1.54) is 11.1 Å². The summed E-state index contributed by atoms with van der Waals surface area (Å²) < 4.78 is 0. The largest absolute Gasteiger partial charge is 0.481 e. The number of rotatable bonds is 11. The van der Waals surface area contributed by atoms with Crippen molar-refractivity contribution in [2.24, 2.45) is 11.8 Å². The van der Waals surface area contributed by atoms with Crippen LogP contribution in [0, 0.1) is 11.8 Å². The summed E-state index contributed by atoms with van der Waals surface area (Å²) >= 11 is 12.8. The van der Waals surface area contributed by atoms with E-state index >= 15 is 0 Å². The summed E-state index contributed by atoms with van der Waals surface area (Å²) in [6, 6.07) is 6.25. The molecule has 0 heterocycles. The Labute approximate surface area is 173 Å². The van der Waals surface area contributed by atoms with Crippen LogP contribution in [-0.2, 0) is 17.6 Å². The SMILES string of the molecule is CCc1cc(Cl)cc(CCC2[C@@H](CCCCCCC(=O)O)C(Cl)C[C@H]2O)c1. The molecule has 2 rings (SSSR count). The van der Waals surface area contributed by atoms with Crippen LogP contribution in [0.2, 0.25) is 5.02 Å². The molecule has 1 aliphatic rings. The van der Waals surface area contributed by atoms with E-state index in [0.29, 0.717) is 12.3 Å². The zero-order chi connectivity index (χ0) is 19.8. The van der Waals surface area contributed by atoms with E-state index in [1.54, 1.807) is 0 Å². The predicted molar refractivity (Wildman–Crippen MR) is 112 cm³/mol. The van der Waals surface area contributed by atoms with Crippen molar-refractivity contribution in [3.8, 4) is 0 Å². The maximum atomic E-state index is 10.6. The van der Waals surface area contributed by atoms with Crippen molar-refractivity contribution in [3.63, 3.8) is 0 Å². The number of carboxylic acid groups (broad SMARTS) is 1. The van der Waals surface area contributed by atoms with Gasteiger partial charge in [0.05, 0.1) is 6.10 Å². The lowest BCUT2D eigenvalue weighted by atomic mass is 9.85. The van der Waals surface area contributed by atoms with Crippen molar-refractivity contribution in [1.29, 1.82) is 0 Å². The van der Waals surface area contributed by atoms with Gasteiger partial charge in [-0.2, -0.15) is 0 Å². The third-order valence-corrected chi connectivity index (χ3v) is 6.57. The van der Waals surface area contributed by atoms with Gasteiger partial charge in [-0.05, 0) is 73.6 Å². The maximum Gasteiger partial charge on any atom is 0.303 e. The molecular formula is C22H32Cl2O3. The van der Waals surface area contributed by atoms with Crippen molar-refractivity contribution < 1.29 is 15.0 Å². The molecule has 1 aromatic carbocycles. The molecule has 1 fully saturated rings. The van der Waals surface area contributed by atoms with Crippen LogP contribution in [0.1, 0.15) is 69.4 Å². The molecule has 27 heavy (non-hydrogen) atoms. The third-order valence-electron chi connectivity index (χ3n) is 5.85. The highest BCUT2D eigenvalue weighted by molar-refractivity contribution is 6.30. The van der Waals surface area contributed by atoms with Crippen molar-refractivity contribution >= 4 is 29.2 Å². The second-order valence-electron chi connectivity index (χ2n) is 7.85. The van der Waals surface area contributed by atoms with Crippen LogP contribution in [0.15, 0.2) is 18.2 Å². The molecule has 5 heteroatoms. The Bertz CT molecular complexity index is 605. The smallest absolute Gasteiger partial charge is 0.303 e. The lowest BCUT2D eigenvalue weighted by molar-refractivity contribution is -0.137. The van der Waals surface area contributed by atoms with Crippen molar-refractivity contribution in [2.75, 3.05) is 0 Å². The van der Waals surface area contributed by atoms with Gasteiger partial charge in [-0.1, -0.05) is 43.9 Å². The molecule has 0 radical (unpaired) electrons. The second kappa shape index (κ2) is 11.3. The van der Waals surface area contributed by atoms with Gasteiger partial charge in [0.1, 0.15) is 0 Å². The van der Waals surface area contributed by atoms with E-state index in [4.69, 9.17) is 28.3 Å². The highest BCUT2D eigenvalue weighted by atomic mass is 35.5. The van der Waals surface area contributed by atoms with E-state index < -0.39 is 5.97 Å². The molecule has 1 aliphatic carbocycles. The first kappa shape index (κ1) is 22.5. The summed E-state index contributed by atoms with van der Waals surface area (Å²) in [5.74, 6) is -0.149. The van der Waals surface area contributed by atoms with Gasteiger partial charge < -0.3 is 10.2 Å². The summed E-state index contributed by atoms with van der Waals surface area (Å²) in [5, 5.41) is 20.0. The van der Waals surface area contributed by atoms with Gasteiger partial charge in [-0.15, -0.1) is 11.6 Å². The molecule has 0 saturated heterocycles. The Morgan fingerprint density at radius 1 is 1.07 bits per heavy atom. The van der Waals surface area contributed by atoms with Gasteiger partial charge in [-0.25, -0.2) is 0 Å². The minimum absolute atomic E-state index is 0.0367. The van der Waals surface area contributed by atoms with E-state index in [1.807, 2.05) is 12.1 Å². The zero-order valence-electron chi connectivity index (χ0n) is 16.2. The van der Waals surface area contributed by atoms with Crippen LogP contribution in [0.4, 0.5) is 0 Å². The summed E-state index contributed by atoms with van der Waals surface area (Å²) in [7, 11) is 0. The van der Waals surface area contributed by atoms with Crippen molar-refractivity contribution in [3.05, 3.63) is 34.3 Å². The van der Waals surface area contributed by atoms with Gasteiger partial charge in [0.25, 0.3) is 0 Å². The number of hydrogen-bond donors (Lipinski definition) is 2. The topological polar surface area (TPSA) is 57.5 Å². The van der Waals surface area contributed by atoms with Crippen LogP contribution >= 0.6 is 23.2 Å². The first-order valence-electron chi connectivity index (χ1n) is 10.2. The molecule has 0 spiro atoms. The minimum Gasteiger partial charge on any atom is -0.481 e. The van der Waals surface area contributed by atoms with Gasteiger partial charge in [0.15, 0.2) is 0 Å². The lowest BCUT2D eigenvalue weighted by Gasteiger charge is -2.23. The number of unbranched alkanes of at least 4 members (excludes halogenated alkanes) is 3. The highest BCUT2D eigenvalue weighted by Gasteiger charge is 2.40. The van der Waals surface area contributed by atoms with E-state index in [2.05, 4.69) is 13.0 Å². The van der Waals surface area contributed by atoms with E-state index in [9.17, 15) is 9.90 Å². The maximum absolute atomic E-state index is 10.6. The molecule has 1 aromatic rings. The third kappa shape index (κ3) is 7.29. The lowest BCUT2D eigenvalue weighted by Crippen LogP contribution is -2.21. The van der Waals surface area contributed by atoms with E-state index in [0.717, 1.165) is 56.4 Å². The monoisotopic (exact) mass is 414 g/mol. The predicted octanol–water partition coefficient (Wildman–Crippen LogP) is 5.86. The number of aryl methyl sites for hydroxylation is 2. The number of aliphatic carboxylic acids is 1. The van der Waals surface area contributed by atoms with Crippen molar-refractivity contribution in [2.45, 2.75) is 82.6 Å². The number of aliphatic hydroxyl groups is 1. The Balaban J connectivity index is 1.84. The number of hydrogen-bond acceptors (Lipinski definition) is 2. The molecule has 4 atom stereocenters. The number of carboxylic acids is 1. The standard InChI is InChI=1S/C22H32Cl2O3/c1-2-15-11-16(13-17(23)12-15)9-10-19-18(20(24)14-21(19)25)7-5-3-4-6-8-22(26)27/h11-13,18-21,25H,2-10,14H2,1H3,(H,26,27)/t18-,19?,20?,21-/m1/s1. The van der Waals surface area contributed by atoms with Gasteiger partial charge >= 0.3 is 5.97 Å². The number of alkyl halides is 1. The second-order valence-corrected chi connectivity index (χ2v) is 8.85. The molecule has 2 unspecified atom stereocenters. The van der Waals surface area contributed by atoms with Crippen LogP contribution in [-0.4, -0.2) is 27.7 Å². The summed E-state index contributed by atoms with van der Waals surface area (Å²) in [6.45, 7) is 2.13. The Kier molecular flexibility index (Phi) is 9.41. The summed E-state index contributed by atoms with van der Waals surface area (Å²) in [4.78, 5) is 10.6. The van der Waals surface area contributed by atoms with Crippen LogP contribution < -0.4 is 0 Å². The van der Waals surface area contributed by atoms with Gasteiger partial charge in [0, 0.05) is 16.8 Å². The molecule has 2 N–H and O–H groups in total. The van der Waals surface area contributed by atoms with E-state index in [-0.39, 0.29) is 23.8 Å². The quantitative estimate of drug-likeness (QED) is 0.351. The Hall–Kier alpha value is -0.770. The highest BCUT2D eigenvalue weighted by Crippen LogP contribution is 2.41. The average molecular weight is 415 g/mol. The van der Waals surface area contributed by atoms with Gasteiger partial charge in [0.2, 0.25) is 0 Å². The van der Waals surface area contributed by atoms with Crippen LogP contribution in [0.5, 0.6) is 0 Å². The molecule has 0 bridgehead atoms. The van der Waals surface area contributed by atoms with Crippen LogP contribution in [0.3, 0.4) is 0 Å². The molecule has 0 amide bonds. The average Bonchev–Trinajstić information content (AvgIpc) is 2.88. The molecule has 1 saturated carbocycles. The molecule has 0 aromatic heterocycles. The van der Waals surface area contributed by atoms with Crippen molar-refractivity contribution in [1.82, 2.24) is 0 Å². The first-order valence-corrected chi connectivity index (χ1v) is 11.0. The molecule has 152 valence electrons. The fourth-order valence-electron chi connectivity index (χ4n) is 4.34. The zero-order valence-corrected chi connectivity index (χ0v) is 17.7. The fourth-order valence-corrected chi connectivity index (χ4v) is 5.12. The number of benzene rings is 1. The summed E-state index contributed by atoms with van der Waals surface area (Å²) in [6.07, 6.45) is 8.19. The number of aliphatic hydroxyl groups excluding tert-OH is 1. The Morgan fingerprint density at radius 3 is 2.48 bits per heavy atom. The Morgan fingerprint density at radius 2 is 1.78 bits per heavy atom. The first-order chi connectivity index (χ1) is 12.9. The fraction of sp³-hybridized carbons (Fsp3) is 0.682. The molecule has 3 nitrogen and oxygen atoms in total. The summed E-state index contributed by atoms with van der Waals surface area (Å²) in [5.41, 5.74) is 2.48. The normalized spacial score (nSPS) is 25.0. The van der Waals surface area contributed by atoms with Crippen LogP contribution in [0.25, 0.3) is 0 Å². The molecule has 0 aliphatic heterocycles. The minimum atomic E-state index is -0.720.